The molecule has 2 aromatic heterocycles. The number of carboxylic acid groups (broad SMARTS) is 1. The first kappa shape index (κ1) is 8.55. The summed E-state index contributed by atoms with van der Waals surface area (Å²) in [5, 5.41) is 18.4. The number of furan rings is 1. The van der Waals surface area contributed by atoms with Crippen LogP contribution in [0.3, 0.4) is 0 Å². The zero-order chi connectivity index (χ0) is 10.3. The van der Waals surface area contributed by atoms with E-state index in [4.69, 9.17) is 9.52 Å². The maximum atomic E-state index is 10.6. The van der Waals surface area contributed by atoms with Crippen molar-refractivity contribution in [3.8, 4) is 5.75 Å². The quantitative estimate of drug-likeness (QED) is 0.717. The van der Waals surface area contributed by atoms with Gasteiger partial charge in [-0.2, -0.15) is 0 Å². The first-order valence-electron chi connectivity index (χ1n) is 3.92. The highest BCUT2D eigenvalue weighted by Crippen LogP contribution is 2.30. The van der Waals surface area contributed by atoms with Gasteiger partial charge in [0.2, 0.25) is 5.71 Å². The number of aryl methyl sites for hydroxylation is 1. The van der Waals surface area contributed by atoms with Crippen molar-refractivity contribution in [3.05, 3.63) is 23.6 Å². The molecule has 0 aliphatic rings. The van der Waals surface area contributed by atoms with Gasteiger partial charge in [0.1, 0.15) is 0 Å². The topological polar surface area (TPSA) is 83.6 Å². The fourth-order valence-corrected chi connectivity index (χ4v) is 1.20. The van der Waals surface area contributed by atoms with E-state index >= 15 is 0 Å². The molecule has 0 saturated carbocycles. The molecular weight excluding hydrogens is 186 g/mol. The Hall–Kier alpha value is -2.04. The van der Waals surface area contributed by atoms with E-state index in [1.54, 1.807) is 19.1 Å². The summed E-state index contributed by atoms with van der Waals surface area (Å²) in [5.41, 5.74) is 0.836. The fraction of sp³-hybridized carbons (Fsp3) is 0.111. The first-order valence-corrected chi connectivity index (χ1v) is 3.92. The Bertz CT molecular complexity index is 515. The molecule has 0 unspecified atom stereocenters. The lowest BCUT2D eigenvalue weighted by Gasteiger charge is -1.89. The van der Waals surface area contributed by atoms with E-state index < -0.39 is 11.7 Å². The predicted molar refractivity (Wildman–Crippen MR) is 47.4 cm³/mol. The van der Waals surface area contributed by atoms with Crippen LogP contribution in [0, 0.1) is 6.92 Å². The molecule has 0 aliphatic carbocycles. The minimum absolute atomic E-state index is 0.139. The smallest absolute Gasteiger partial charge is 0.375 e. The Balaban J connectivity index is 2.79. The van der Waals surface area contributed by atoms with Crippen molar-refractivity contribution in [1.82, 2.24) is 4.98 Å². The third kappa shape index (κ3) is 1.10. The number of aromatic nitrogens is 1. The van der Waals surface area contributed by atoms with Crippen LogP contribution in [0.25, 0.3) is 11.1 Å². The number of hydrogen-bond donors (Lipinski definition) is 2. The van der Waals surface area contributed by atoms with Crippen molar-refractivity contribution < 1.29 is 19.4 Å². The van der Waals surface area contributed by atoms with Gasteiger partial charge in [-0.15, -0.1) is 0 Å². The van der Waals surface area contributed by atoms with Gasteiger partial charge in [0.25, 0.3) is 5.76 Å². The standard InChI is InChI=1S/C9H7NO4/c1-4-2-3-5-6(11)7(9(12)13)14-8(5)10-4/h2-3,11H,1H3,(H,12,13). The summed E-state index contributed by atoms with van der Waals surface area (Å²) < 4.78 is 4.88. The molecule has 2 heterocycles. The molecule has 2 aromatic rings. The molecular formula is C9H7NO4. The van der Waals surface area contributed by atoms with Crippen LogP contribution < -0.4 is 0 Å². The number of aromatic hydroxyl groups is 1. The maximum absolute atomic E-state index is 10.6. The van der Waals surface area contributed by atoms with Crippen LogP contribution in [0.4, 0.5) is 0 Å². The summed E-state index contributed by atoms with van der Waals surface area (Å²) in [6, 6.07) is 3.24. The van der Waals surface area contributed by atoms with E-state index in [0.717, 1.165) is 0 Å². The number of nitrogens with zero attached hydrogens (tertiary/aromatic N) is 1. The molecule has 0 saturated heterocycles. The lowest BCUT2D eigenvalue weighted by molar-refractivity contribution is 0.0660. The minimum Gasteiger partial charge on any atom is -0.503 e. The number of fused-ring (bicyclic) bond motifs is 1. The van der Waals surface area contributed by atoms with Crippen molar-refractivity contribution in [2.24, 2.45) is 0 Å². The highest BCUT2D eigenvalue weighted by molar-refractivity contribution is 5.96. The summed E-state index contributed by atoms with van der Waals surface area (Å²) in [4.78, 5) is 14.5. The number of carbonyl (C=O) groups is 1. The number of hydrogen-bond acceptors (Lipinski definition) is 4. The molecule has 72 valence electrons. The Morgan fingerprint density at radius 2 is 2.21 bits per heavy atom. The third-order valence-electron chi connectivity index (χ3n) is 1.86. The molecule has 14 heavy (non-hydrogen) atoms. The molecule has 0 bridgehead atoms. The first-order chi connectivity index (χ1) is 6.59. The molecule has 0 aromatic carbocycles. The molecule has 5 heteroatoms. The predicted octanol–water partition coefficient (Wildman–Crippen LogP) is 1.54. The van der Waals surface area contributed by atoms with Gasteiger partial charge in [-0.3, -0.25) is 0 Å². The van der Waals surface area contributed by atoms with Gasteiger partial charge < -0.3 is 14.6 Å². The number of rotatable bonds is 1. The highest BCUT2D eigenvalue weighted by Gasteiger charge is 2.19. The second kappa shape index (κ2) is 2.73. The minimum atomic E-state index is -1.31. The third-order valence-corrected chi connectivity index (χ3v) is 1.86. The summed E-state index contributed by atoms with van der Waals surface area (Å²) in [6.07, 6.45) is 0. The fourth-order valence-electron chi connectivity index (χ4n) is 1.20. The van der Waals surface area contributed by atoms with Crippen LogP contribution in [-0.2, 0) is 0 Å². The normalized spacial score (nSPS) is 10.6. The van der Waals surface area contributed by atoms with Crippen molar-refractivity contribution in [2.75, 3.05) is 0 Å². The average molecular weight is 193 g/mol. The van der Waals surface area contributed by atoms with Gasteiger partial charge in [-0.25, -0.2) is 9.78 Å². The van der Waals surface area contributed by atoms with Crippen molar-refractivity contribution >= 4 is 17.1 Å². The molecule has 5 nitrogen and oxygen atoms in total. The second-order valence-electron chi connectivity index (χ2n) is 2.89. The molecule has 0 atom stereocenters. The molecule has 2 rings (SSSR count). The zero-order valence-corrected chi connectivity index (χ0v) is 7.31. The number of aromatic carboxylic acids is 1. The molecule has 0 fully saturated rings. The SMILES string of the molecule is Cc1ccc2c(O)c(C(=O)O)oc2n1. The summed E-state index contributed by atoms with van der Waals surface area (Å²) in [5.74, 6) is -2.16. The maximum Gasteiger partial charge on any atom is 0.375 e. The highest BCUT2D eigenvalue weighted by atomic mass is 16.4. The average Bonchev–Trinajstić information content (AvgIpc) is 2.43. The molecule has 0 amide bonds. The zero-order valence-electron chi connectivity index (χ0n) is 7.31. The molecule has 0 aliphatic heterocycles. The van der Waals surface area contributed by atoms with E-state index in [9.17, 15) is 9.90 Å². The Labute approximate surface area is 78.6 Å². The summed E-state index contributed by atoms with van der Waals surface area (Å²) in [6.45, 7) is 1.75. The van der Waals surface area contributed by atoms with Gasteiger partial charge in [0, 0.05) is 5.69 Å². The lowest BCUT2D eigenvalue weighted by Crippen LogP contribution is -1.92. The van der Waals surface area contributed by atoms with Crippen LogP contribution in [0.1, 0.15) is 16.2 Å². The Morgan fingerprint density at radius 1 is 1.50 bits per heavy atom. The van der Waals surface area contributed by atoms with Crippen LogP contribution in [0.5, 0.6) is 5.75 Å². The summed E-state index contributed by atoms with van der Waals surface area (Å²) >= 11 is 0. The van der Waals surface area contributed by atoms with Gasteiger partial charge >= 0.3 is 5.97 Å². The van der Waals surface area contributed by atoms with E-state index in [-0.39, 0.29) is 11.5 Å². The molecule has 2 N–H and O–H groups in total. The Morgan fingerprint density at radius 3 is 2.86 bits per heavy atom. The van der Waals surface area contributed by atoms with Gasteiger partial charge in [-0.1, -0.05) is 0 Å². The van der Waals surface area contributed by atoms with Crippen molar-refractivity contribution in [3.63, 3.8) is 0 Å². The van der Waals surface area contributed by atoms with E-state index in [2.05, 4.69) is 4.98 Å². The Kier molecular flexibility index (Phi) is 1.67. The van der Waals surface area contributed by atoms with Crippen molar-refractivity contribution in [2.45, 2.75) is 6.92 Å². The van der Waals surface area contributed by atoms with Crippen LogP contribution in [0.15, 0.2) is 16.5 Å². The van der Waals surface area contributed by atoms with E-state index in [1.807, 2.05) is 0 Å². The van der Waals surface area contributed by atoms with Gasteiger partial charge in [0.15, 0.2) is 5.75 Å². The second-order valence-corrected chi connectivity index (χ2v) is 2.89. The number of carboxylic acids is 1. The lowest BCUT2D eigenvalue weighted by atomic mass is 10.2. The monoisotopic (exact) mass is 193 g/mol. The molecule has 0 spiro atoms. The number of pyridine rings is 1. The van der Waals surface area contributed by atoms with Crippen molar-refractivity contribution in [1.29, 1.82) is 0 Å². The molecule has 0 radical (unpaired) electrons. The van der Waals surface area contributed by atoms with E-state index in [1.165, 1.54) is 0 Å². The van der Waals surface area contributed by atoms with Gasteiger partial charge in [0.05, 0.1) is 5.39 Å². The van der Waals surface area contributed by atoms with Gasteiger partial charge in [-0.05, 0) is 19.1 Å². The van der Waals surface area contributed by atoms with Crippen LogP contribution in [-0.4, -0.2) is 21.2 Å². The van der Waals surface area contributed by atoms with Crippen LogP contribution >= 0.6 is 0 Å². The summed E-state index contributed by atoms with van der Waals surface area (Å²) in [7, 11) is 0. The van der Waals surface area contributed by atoms with E-state index in [0.29, 0.717) is 11.1 Å². The largest absolute Gasteiger partial charge is 0.503 e. The van der Waals surface area contributed by atoms with Crippen LogP contribution in [0.2, 0.25) is 0 Å².